The number of anilines is 1. The van der Waals surface area contributed by atoms with Gasteiger partial charge in [-0.25, -0.2) is 14.0 Å². The normalized spacial score (nSPS) is 17.2. The molecule has 9 heteroatoms. The summed E-state index contributed by atoms with van der Waals surface area (Å²) in [5.41, 5.74) is 0.880. The average Bonchev–Trinajstić information content (AvgIpc) is 3.01. The molecule has 1 atom stereocenters. The number of carboxylic acids is 1. The van der Waals surface area contributed by atoms with Crippen LogP contribution in [0.15, 0.2) is 18.2 Å². The molecule has 1 aliphatic heterocycles. The molecule has 1 aliphatic rings. The van der Waals surface area contributed by atoms with Gasteiger partial charge in [-0.15, -0.1) is 11.3 Å². The summed E-state index contributed by atoms with van der Waals surface area (Å²) < 4.78 is 18.3. The zero-order chi connectivity index (χ0) is 18.8. The molecule has 0 radical (unpaired) electrons. The lowest BCUT2D eigenvalue weighted by Crippen LogP contribution is -2.43. The van der Waals surface area contributed by atoms with E-state index in [0.717, 1.165) is 11.3 Å². The topological polar surface area (TPSA) is 54.1 Å². The summed E-state index contributed by atoms with van der Waals surface area (Å²) in [5, 5.41) is 10.8. The third-order valence-corrected chi connectivity index (χ3v) is 5.75. The lowest BCUT2D eigenvalue weighted by atomic mass is 10.0. The summed E-state index contributed by atoms with van der Waals surface area (Å²) in [6.45, 7) is 7.97. The van der Waals surface area contributed by atoms with Gasteiger partial charge in [0.25, 0.3) is 0 Å². The van der Waals surface area contributed by atoms with Crippen LogP contribution in [0, 0.1) is 6.57 Å². The predicted octanol–water partition coefficient (Wildman–Crippen LogP) is 5.15. The largest absolute Gasteiger partial charge is 0.477 e. The second kappa shape index (κ2) is 7.80. The maximum Gasteiger partial charge on any atom is 0.345 e. The number of benzene rings is 1. The Hall–Kier alpha value is -1.85. The van der Waals surface area contributed by atoms with Crippen LogP contribution in [0.1, 0.15) is 9.67 Å². The first-order valence-corrected chi connectivity index (χ1v) is 9.19. The van der Waals surface area contributed by atoms with Gasteiger partial charge in [-0.3, -0.25) is 0 Å². The smallest absolute Gasteiger partial charge is 0.345 e. The monoisotopic (exact) mass is 414 g/mol. The van der Waals surface area contributed by atoms with E-state index in [4.69, 9.17) is 34.5 Å². The quantitative estimate of drug-likeness (QED) is 0.703. The highest BCUT2D eigenvalue weighted by Gasteiger charge is 2.30. The fraction of sp³-hybridized carbons (Fsp3) is 0.294. The van der Waals surface area contributed by atoms with Crippen LogP contribution in [0.4, 0.5) is 15.1 Å². The zero-order valence-electron chi connectivity index (χ0n) is 13.3. The zero-order valence-corrected chi connectivity index (χ0v) is 15.7. The van der Waals surface area contributed by atoms with Gasteiger partial charge in [0.15, 0.2) is 0 Å². The van der Waals surface area contributed by atoms with Gasteiger partial charge in [0.2, 0.25) is 5.69 Å². The van der Waals surface area contributed by atoms with Crippen LogP contribution in [0.3, 0.4) is 0 Å². The molecule has 3 rings (SSSR count). The van der Waals surface area contributed by atoms with E-state index in [1.54, 1.807) is 17.0 Å². The van der Waals surface area contributed by atoms with Gasteiger partial charge in [0.05, 0.1) is 18.2 Å². The van der Waals surface area contributed by atoms with E-state index in [1.807, 2.05) is 0 Å². The molecule has 1 aromatic heterocycles. The molecule has 1 saturated heterocycles. The first kappa shape index (κ1) is 18.9. The van der Waals surface area contributed by atoms with E-state index in [0.29, 0.717) is 28.7 Å². The number of carbonyl (C=O) groups is 1. The number of nitrogens with zero attached hydrogens (tertiary/aromatic N) is 2. The first-order chi connectivity index (χ1) is 12.5. The van der Waals surface area contributed by atoms with E-state index in [2.05, 4.69) is 4.85 Å². The maximum atomic E-state index is 13.0. The molecule has 26 heavy (non-hydrogen) atoms. The lowest BCUT2D eigenvalue weighted by Gasteiger charge is -2.32. The number of halogens is 3. The Morgan fingerprint density at radius 1 is 1.50 bits per heavy atom. The number of hydrogen-bond donors (Lipinski definition) is 1. The van der Waals surface area contributed by atoms with Gasteiger partial charge in [-0.2, -0.15) is 0 Å². The first-order valence-electron chi connectivity index (χ1n) is 7.61. The fourth-order valence-corrected chi connectivity index (χ4v) is 4.45. The standard InChI is InChI=1S/C17H13Cl2FN2O3S/c1-21-14-13(11-3-2-9(18)6-12(11)19)15(17(23)24)26-16(14)22-4-5-25-10(7-20)8-22/h2-3,6,10H,4-5,7-8H2,(H,23,24). The van der Waals surface area contributed by atoms with Crippen molar-refractivity contribution in [3.05, 3.63) is 44.5 Å². The lowest BCUT2D eigenvalue weighted by molar-refractivity contribution is 0.0250. The number of alkyl halides is 1. The number of hydrogen-bond acceptors (Lipinski definition) is 4. The van der Waals surface area contributed by atoms with Gasteiger partial charge in [-0.05, 0) is 17.7 Å². The number of ether oxygens (including phenoxy) is 1. The molecule has 0 amide bonds. The number of thiophene rings is 1. The third-order valence-electron chi connectivity index (χ3n) is 3.97. The van der Waals surface area contributed by atoms with Crippen molar-refractivity contribution in [1.82, 2.24) is 0 Å². The molecular weight excluding hydrogens is 402 g/mol. The van der Waals surface area contributed by atoms with Crippen molar-refractivity contribution >= 4 is 51.2 Å². The van der Waals surface area contributed by atoms with E-state index >= 15 is 0 Å². The summed E-state index contributed by atoms with van der Waals surface area (Å²) in [6.07, 6.45) is -0.597. The molecule has 5 nitrogen and oxygen atoms in total. The van der Waals surface area contributed by atoms with E-state index in [-0.39, 0.29) is 27.7 Å². The van der Waals surface area contributed by atoms with Crippen LogP contribution in [-0.2, 0) is 4.74 Å². The van der Waals surface area contributed by atoms with Gasteiger partial charge in [-0.1, -0.05) is 29.3 Å². The highest BCUT2D eigenvalue weighted by atomic mass is 35.5. The van der Waals surface area contributed by atoms with E-state index in [1.165, 1.54) is 6.07 Å². The molecule has 1 aromatic carbocycles. The second-order valence-electron chi connectivity index (χ2n) is 5.59. The van der Waals surface area contributed by atoms with Crippen molar-refractivity contribution < 1.29 is 19.0 Å². The van der Waals surface area contributed by atoms with Gasteiger partial charge < -0.3 is 14.7 Å². The van der Waals surface area contributed by atoms with Gasteiger partial charge in [0, 0.05) is 28.7 Å². The number of morpholine rings is 1. The van der Waals surface area contributed by atoms with Crippen molar-refractivity contribution in [3.63, 3.8) is 0 Å². The number of carboxylic acid groups (broad SMARTS) is 1. The SMILES string of the molecule is [C-]#[N+]c1c(N2CCOC(CF)C2)sc(C(=O)O)c1-c1ccc(Cl)cc1Cl. The minimum atomic E-state index is -1.15. The molecule has 2 aromatic rings. The summed E-state index contributed by atoms with van der Waals surface area (Å²) in [4.78, 5) is 17.2. The maximum absolute atomic E-state index is 13.0. The van der Waals surface area contributed by atoms with E-state index < -0.39 is 18.7 Å². The minimum absolute atomic E-state index is 0.0125. The number of aromatic carboxylic acids is 1. The van der Waals surface area contributed by atoms with Crippen LogP contribution >= 0.6 is 34.5 Å². The second-order valence-corrected chi connectivity index (χ2v) is 7.44. The molecule has 2 heterocycles. The van der Waals surface area contributed by atoms with Crippen LogP contribution in [0.5, 0.6) is 0 Å². The highest BCUT2D eigenvalue weighted by molar-refractivity contribution is 7.19. The Balaban J connectivity index is 2.17. The van der Waals surface area contributed by atoms with Crippen molar-refractivity contribution in [3.8, 4) is 11.1 Å². The molecule has 0 aliphatic carbocycles. The summed E-state index contributed by atoms with van der Waals surface area (Å²) in [6, 6.07) is 4.69. The Morgan fingerprint density at radius 3 is 2.88 bits per heavy atom. The molecule has 136 valence electrons. The van der Waals surface area contributed by atoms with Crippen LogP contribution in [0.25, 0.3) is 16.0 Å². The average molecular weight is 415 g/mol. The van der Waals surface area contributed by atoms with Crippen molar-refractivity contribution in [2.24, 2.45) is 0 Å². The van der Waals surface area contributed by atoms with Crippen LogP contribution < -0.4 is 4.90 Å². The molecule has 0 bridgehead atoms. The highest BCUT2D eigenvalue weighted by Crippen LogP contribution is 2.50. The van der Waals surface area contributed by atoms with Crippen LogP contribution in [0.2, 0.25) is 10.0 Å². The Bertz CT molecular complexity index is 897. The summed E-state index contributed by atoms with van der Waals surface area (Å²) in [7, 11) is 0. The third kappa shape index (κ3) is 3.51. The number of rotatable bonds is 4. The molecule has 0 spiro atoms. The molecule has 1 fully saturated rings. The van der Waals surface area contributed by atoms with E-state index in [9.17, 15) is 14.3 Å². The molecule has 1 N–H and O–H groups in total. The predicted molar refractivity (Wildman–Crippen MR) is 101 cm³/mol. The van der Waals surface area contributed by atoms with Gasteiger partial charge in [0.1, 0.15) is 17.7 Å². The Kier molecular flexibility index (Phi) is 5.68. The Labute approximate surface area is 163 Å². The molecule has 1 unspecified atom stereocenters. The summed E-state index contributed by atoms with van der Waals surface area (Å²) >= 11 is 13.2. The Morgan fingerprint density at radius 2 is 2.27 bits per heavy atom. The fourth-order valence-electron chi connectivity index (χ4n) is 2.82. The van der Waals surface area contributed by atoms with Crippen LogP contribution in [-0.4, -0.2) is 43.6 Å². The molecular formula is C17H13Cl2FN2O3S. The minimum Gasteiger partial charge on any atom is -0.477 e. The van der Waals surface area contributed by atoms with Gasteiger partial charge >= 0.3 is 5.97 Å². The van der Waals surface area contributed by atoms with Crippen molar-refractivity contribution in [2.45, 2.75) is 6.10 Å². The van der Waals surface area contributed by atoms with Crippen molar-refractivity contribution in [1.29, 1.82) is 0 Å². The summed E-state index contributed by atoms with van der Waals surface area (Å²) in [5.74, 6) is -1.15. The molecule has 0 saturated carbocycles. The van der Waals surface area contributed by atoms with Crippen molar-refractivity contribution in [2.75, 3.05) is 31.3 Å².